The van der Waals surface area contributed by atoms with Crippen LogP contribution in [-0.4, -0.2) is 50.3 Å². The molecule has 0 fully saturated rings. The summed E-state index contributed by atoms with van der Waals surface area (Å²) in [4.78, 5) is 48.2. The molecule has 5 aromatic rings. The molecular weight excluding hydrogens is 628 g/mol. The van der Waals surface area contributed by atoms with Gasteiger partial charge in [-0.25, -0.2) is 19.2 Å². The van der Waals surface area contributed by atoms with Crippen LogP contribution in [0.25, 0.3) is 21.5 Å². The fourth-order valence-electron chi connectivity index (χ4n) is 4.73. The second-order valence-electron chi connectivity index (χ2n) is 10.6. The van der Waals surface area contributed by atoms with Gasteiger partial charge in [-0.3, -0.25) is 0 Å². The molecule has 0 aromatic heterocycles. The lowest BCUT2D eigenvalue weighted by molar-refractivity contribution is -0.139. The summed E-state index contributed by atoms with van der Waals surface area (Å²) in [5.74, 6) is -0.299. The highest BCUT2D eigenvalue weighted by atomic mass is 16.6. The van der Waals surface area contributed by atoms with Gasteiger partial charge >= 0.3 is 23.9 Å². The zero-order valence-corrected chi connectivity index (χ0v) is 26.6. The van der Waals surface area contributed by atoms with Crippen molar-refractivity contribution in [3.8, 4) is 23.0 Å². The predicted molar refractivity (Wildman–Crippen MR) is 182 cm³/mol. The molecule has 0 amide bonds. The topological polar surface area (TPSA) is 124 Å². The number of carbonyl (C=O) groups excluding carboxylic acids is 4. The maximum atomic E-state index is 13.0. The number of ether oxygens (including phenoxy) is 6. The van der Waals surface area contributed by atoms with Crippen molar-refractivity contribution in [3.63, 3.8) is 0 Å². The van der Waals surface area contributed by atoms with Gasteiger partial charge in [-0.05, 0) is 101 Å². The van der Waals surface area contributed by atoms with Gasteiger partial charge in [0, 0.05) is 12.2 Å². The van der Waals surface area contributed by atoms with Crippen molar-refractivity contribution in [1.82, 2.24) is 0 Å². The summed E-state index contributed by atoms with van der Waals surface area (Å²) in [5, 5.41) is 3.32. The largest absolute Gasteiger partial charge is 0.490 e. The van der Waals surface area contributed by atoms with E-state index >= 15 is 0 Å². The molecule has 5 aromatic carbocycles. The van der Waals surface area contributed by atoms with Gasteiger partial charge in [0.05, 0.1) is 11.1 Å². The van der Waals surface area contributed by atoms with Gasteiger partial charge in [-0.15, -0.1) is 0 Å². The number of hydrogen-bond acceptors (Lipinski definition) is 10. The Morgan fingerprint density at radius 1 is 0.531 bits per heavy atom. The molecule has 0 saturated heterocycles. The first-order valence-corrected chi connectivity index (χ1v) is 15.2. The lowest BCUT2D eigenvalue weighted by Crippen LogP contribution is -2.11. The molecule has 0 unspecified atom stereocenters. The molecule has 0 aliphatic carbocycles. The van der Waals surface area contributed by atoms with E-state index < -0.39 is 23.9 Å². The molecule has 10 heteroatoms. The van der Waals surface area contributed by atoms with Crippen molar-refractivity contribution in [2.45, 2.75) is 6.92 Å². The summed E-state index contributed by atoms with van der Waals surface area (Å²) in [6.07, 6.45) is 2.18. The van der Waals surface area contributed by atoms with Crippen molar-refractivity contribution < 1.29 is 47.6 Å². The second-order valence-corrected chi connectivity index (χ2v) is 10.6. The lowest BCUT2D eigenvalue weighted by atomic mass is 10.1. The van der Waals surface area contributed by atoms with E-state index in [9.17, 15) is 19.2 Å². The summed E-state index contributed by atoms with van der Waals surface area (Å²) in [6, 6.07) is 25.9. The van der Waals surface area contributed by atoms with Crippen LogP contribution in [0.5, 0.6) is 23.0 Å². The molecule has 49 heavy (non-hydrogen) atoms. The summed E-state index contributed by atoms with van der Waals surface area (Å²) in [6.45, 7) is 9.01. The molecule has 0 heterocycles. The number of rotatable bonds is 14. The molecule has 10 nitrogen and oxygen atoms in total. The van der Waals surface area contributed by atoms with E-state index in [4.69, 9.17) is 28.4 Å². The Balaban J connectivity index is 1.16. The molecule has 248 valence electrons. The quantitative estimate of drug-likeness (QED) is 0.0535. The predicted octanol–water partition coefficient (Wildman–Crippen LogP) is 6.96. The van der Waals surface area contributed by atoms with Crippen LogP contribution in [0.4, 0.5) is 0 Å². The first-order chi connectivity index (χ1) is 23.7. The van der Waals surface area contributed by atoms with Crippen molar-refractivity contribution >= 4 is 45.4 Å². The lowest BCUT2D eigenvalue weighted by Gasteiger charge is -2.11. The van der Waals surface area contributed by atoms with Gasteiger partial charge < -0.3 is 28.4 Å². The van der Waals surface area contributed by atoms with E-state index in [0.29, 0.717) is 39.7 Å². The number of esters is 4. The molecule has 0 atom stereocenters. The van der Waals surface area contributed by atoms with E-state index in [2.05, 4.69) is 13.2 Å². The van der Waals surface area contributed by atoms with E-state index in [1.807, 2.05) is 24.3 Å². The van der Waals surface area contributed by atoms with Crippen molar-refractivity contribution in [2.24, 2.45) is 0 Å². The molecule has 0 aliphatic rings. The summed E-state index contributed by atoms with van der Waals surface area (Å²) in [7, 11) is 0. The molecule has 0 bridgehead atoms. The van der Waals surface area contributed by atoms with Gasteiger partial charge in [0.15, 0.2) is 0 Å². The maximum Gasteiger partial charge on any atom is 0.343 e. The Kier molecular flexibility index (Phi) is 11.0. The fourth-order valence-corrected chi connectivity index (χ4v) is 4.73. The first-order valence-electron chi connectivity index (χ1n) is 15.2. The molecule has 0 N–H and O–H groups in total. The van der Waals surface area contributed by atoms with Gasteiger partial charge in [0.25, 0.3) is 0 Å². The van der Waals surface area contributed by atoms with Crippen molar-refractivity contribution in [2.75, 3.05) is 26.4 Å². The van der Waals surface area contributed by atoms with Crippen LogP contribution in [0.15, 0.2) is 116 Å². The highest BCUT2D eigenvalue weighted by Crippen LogP contribution is 2.28. The van der Waals surface area contributed by atoms with Gasteiger partial charge in [-0.2, -0.15) is 0 Å². The van der Waals surface area contributed by atoms with Crippen LogP contribution in [-0.2, 0) is 19.1 Å². The summed E-state index contributed by atoms with van der Waals surface area (Å²) in [5.41, 5.74) is 1.32. The molecule has 0 spiro atoms. The van der Waals surface area contributed by atoms with Crippen LogP contribution in [0, 0.1) is 6.92 Å². The zero-order valence-electron chi connectivity index (χ0n) is 26.6. The summed E-state index contributed by atoms with van der Waals surface area (Å²) >= 11 is 0. The monoisotopic (exact) mass is 660 g/mol. The Morgan fingerprint density at radius 2 is 0.980 bits per heavy atom. The SMILES string of the molecule is C=CC(=O)OCCOc1ccc2cc(C(=O)Oc3ccc(OC(=O)c4ccc5cc(OCCOC(=O)C=C)ccc5c4)c(C)c3)ccc2c1. The first kappa shape index (κ1) is 33.9. The van der Waals surface area contributed by atoms with E-state index in [1.165, 1.54) is 0 Å². The fraction of sp³-hybridized carbons (Fsp3) is 0.128. The number of benzene rings is 5. The minimum Gasteiger partial charge on any atom is -0.490 e. The standard InChI is InChI=1S/C39H32O10/c1-4-36(40)46-18-16-44-32-12-10-26-21-30(8-6-28(26)23-32)38(42)48-34-14-15-35(25(3)20-34)49-39(43)31-9-7-29-24-33(13-11-27(29)22-31)45-17-19-47-37(41)5-2/h4-15,20-24H,1-2,16-19H2,3H3. The van der Waals surface area contributed by atoms with Crippen molar-refractivity contribution in [3.05, 3.63) is 133 Å². The molecule has 0 radical (unpaired) electrons. The van der Waals surface area contributed by atoms with Crippen LogP contribution in [0.3, 0.4) is 0 Å². The molecule has 0 saturated carbocycles. The van der Waals surface area contributed by atoms with Crippen molar-refractivity contribution in [1.29, 1.82) is 0 Å². The molecular formula is C39H32O10. The minimum atomic E-state index is -0.545. The average Bonchev–Trinajstić information content (AvgIpc) is 3.12. The highest BCUT2D eigenvalue weighted by Gasteiger charge is 2.15. The van der Waals surface area contributed by atoms with Gasteiger partial charge in [0.2, 0.25) is 0 Å². The third-order valence-corrected chi connectivity index (χ3v) is 7.18. The van der Waals surface area contributed by atoms with E-state index in [0.717, 1.165) is 33.7 Å². The Hall–Kier alpha value is -6.42. The maximum absolute atomic E-state index is 13.0. The molecule has 0 aliphatic heterocycles. The third-order valence-electron chi connectivity index (χ3n) is 7.18. The van der Waals surface area contributed by atoms with E-state index in [-0.39, 0.29) is 26.4 Å². The van der Waals surface area contributed by atoms with Gasteiger partial charge in [0.1, 0.15) is 49.4 Å². The van der Waals surface area contributed by atoms with Crippen LogP contribution >= 0.6 is 0 Å². The Labute approximate surface area is 282 Å². The van der Waals surface area contributed by atoms with Gasteiger partial charge in [-0.1, -0.05) is 37.4 Å². The average molecular weight is 661 g/mol. The third kappa shape index (κ3) is 9.11. The van der Waals surface area contributed by atoms with E-state index in [1.54, 1.807) is 73.7 Å². The Bertz CT molecular complexity index is 2060. The second kappa shape index (κ2) is 15.9. The molecule has 5 rings (SSSR count). The smallest absolute Gasteiger partial charge is 0.343 e. The normalized spacial score (nSPS) is 10.6. The number of fused-ring (bicyclic) bond motifs is 2. The zero-order chi connectivity index (χ0) is 34.8. The highest BCUT2D eigenvalue weighted by molar-refractivity contribution is 5.98. The van der Waals surface area contributed by atoms with Crippen LogP contribution in [0.2, 0.25) is 0 Å². The Morgan fingerprint density at radius 3 is 1.47 bits per heavy atom. The summed E-state index contributed by atoms with van der Waals surface area (Å²) < 4.78 is 32.3. The van der Waals surface area contributed by atoms with Crippen LogP contribution in [0.1, 0.15) is 26.3 Å². The number of hydrogen-bond donors (Lipinski definition) is 0. The number of aryl methyl sites for hydroxylation is 1. The van der Waals surface area contributed by atoms with Crippen LogP contribution < -0.4 is 18.9 Å². The minimum absolute atomic E-state index is 0.0975. The number of carbonyl (C=O) groups is 4.